The molecule has 6 nitrogen and oxygen atoms in total. The van der Waals surface area contributed by atoms with Gasteiger partial charge in [0.05, 0.1) is 17.7 Å². The predicted octanol–water partition coefficient (Wildman–Crippen LogP) is 4.07. The molecule has 32 heavy (non-hydrogen) atoms. The first-order valence-corrected chi connectivity index (χ1v) is 11.6. The van der Waals surface area contributed by atoms with Crippen LogP contribution in [0.5, 0.6) is 5.75 Å². The number of nitrogens with zero attached hydrogens (tertiary/aromatic N) is 3. The minimum absolute atomic E-state index is 0. The van der Waals surface area contributed by atoms with Gasteiger partial charge < -0.3 is 14.5 Å². The molecule has 1 fully saturated rings. The number of rotatable bonds is 5. The molecule has 0 radical (unpaired) electrons. The molecule has 1 saturated heterocycles. The summed E-state index contributed by atoms with van der Waals surface area (Å²) < 4.78 is 35.7. The molecule has 3 aromatic carbocycles. The largest absolute Gasteiger partial charge is 0.495 e. The summed E-state index contributed by atoms with van der Waals surface area (Å²) in [7, 11) is -2.15. The van der Waals surface area contributed by atoms with E-state index in [1.165, 1.54) is 0 Å². The Labute approximate surface area is 195 Å². The van der Waals surface area contributed by atoms with Crippen molar-refractivity contribution in [3.63, 3.8) is 0 Å². The lowest BCUT2D eigenvalue weighted by Gasteiger charge is -2.38. The second-order valence-corrected chi connectivity index (χ2v) is 8.82. The summed E-state index contributed by atoms with van der Waals surface area (Å²) in [6, 6.07) is 25.8. The quantitative estimate of drug-likeness (QED) is 0.414. The van der Waals surface area contributed by atoms with Crippen molar-refractivity contribution in [1.82, 2.24) is 4.90 Å². The third-order valence-electron chi connectivity index (χ3n) is 5.28. The molecule has 0 aromatic heterocycles. The van der Waals surface area contributed by atoms with Gasteiger partial charge in [-0.05, 0) is 24.3 Å². The number of amidine groups is 1. The Morgan fingerprint density at radius 2 is 1.38 bits per heavy atom. The van der Waals surface area contributed by atoms with Gasteiger partial charge in [0, 0.05) is 31.7 Å². The van der Waals surface area contributed by atoms with Crippen LogP contribution in [0.1, 0.15) is 5.56 Å². The number of benzene rings is 3. The second kappa shape index (κ2) is 10.5. The molecule has 0 atom stereocenters. The summed E-state index contributed by atoms with van der Waals surface area (Å²) >= 11 is 0. The minimum atomic E-state index is -3.82. The Morgan fingerprint density at radius 3 is 2.00 bits per heavy atom. The molecular formula is C24H26ClN3O3S. The van der Waals surface area contributed by atoms with Gasteiger partial charge in [-0.3, -0.25) is 0 Å². The second-order valence-electron chi connectivity index (χ2n) is 7.21. The lowest BCUT2D eigenvalue weighted by atomic mass is 10.1. The van der Waals surface area contributed by atoms with Gasteiger partial charge in [-0.1, -0.05) is 60.7 Å². The highest BCUT2D eigenvalue weighted by atomic mass is 35.5. The molecule has 3 aromatic rings. The van der Waals surface area contributed by atoms with E-state index in [1.807, 2.05) is 59.5 Å². The van der Waals surface area contributed by atoms with Crippen LogP contribution in [0.3, 0.4) is 0 Å². The molecule has 1 heterocycles. The van der Waals surface area contributed by atoms with Crippen LogP contribution < -0.4 is 9.64 Å². The number of piperazine rings is 1. The Hall–Kier alpha value is -3.03. The van der Waals surface area contributed by atoms with E-state index < -0.39 is 10.0 Å². The van der Waals surface area contributed by atoms with Crippen molar-refractivity contribution in [2.75, 3.05) is 38.2 Å². The summed E-state index contributed by atoms with van der Waals surface area (Å²) in [5.74, 6) is 1.31. The first-order chi connectivity index (χ1) is 15.1. The van der Waals surface area contributed by atoms with Gasteiger partial charge in [0.1, 0.15) is 11.6 Å². The number of methoxy groups -OCH3 is 1. The van der Waals surface area contributed by atoms with E-state index in [2.05, 4.69) is 9.30 Å². The van der Waals surface area contributed by atoms with Crippen LogP contribution >= 0.6 is 12.4 Å². The maximum atomic E-state index is 13.0. The Bertz CT molecular complexity index is 1150. The molecule has 168 valence electrons. The van der Waals surface area contributed by atoms with Crippen molar-refractivity contribution >= 4 is 34.0 Å². The number of sulfonamides is 1. The van der Waals surface area contributed by atoms with Crippen molar-refractivity contribution in [1.29, 1.82) is 0 Å². The lowest BCUT2D eigenvalue weighted by Crippen LogP contribution is -2.49. The molecule has 8 heteroatoms. The van der Waals surface area contributed by atoms with Crippen LogP contribution in [0.15, 0.2) is 94.2 Å². The van der Waals surface area contributed by atoms with E-state index in [9.17, 15) is 8.42 Å². The fraction of sp³-hybridized carbons (Fsp3) is 0.208. The van der Waals surface area contributed by atoms with E-state index >= 15 is 0 Å². The Kier molecular flexibility index (Phi) is 7.77. The van der Waals surface area contributed by atoms with Crippen LogP contribution in [-0.4, -0.2) is 52.4 Å². The van der Waals surface area contributed by atoms with Crippen molar-refractivity contribution in [3.8, 4) is 5.75 Å². The molecule has 1 aliphatic heterocycles. The number of ether oxygens (including phenoxy) is 1. The van der Waals surface area contributed by atoms with Gasteiger partial charge in [-0.15, -0.1) is 16.8 Å². The topological polar surface area (TPSA) is 62.2 Å². The zero-order chi connectivity index (χ0) is 21.7. The van der Waals surface area contributed by atoms with Crippen LogP contribution in [-0.2, 0) is 10.0 Å². The number of para-hydroxylation sites is 2. The minimum Gasteiger partial charge on any atom is -0.495 e. The van der Waals surface area contributed by atoms with Gasteiger partial charge in [-0.25, -0.2) is 0 Å². The molecule has 0 spiro atoms. The maximum Gasteiger partial charge on any atom is 0.284 e. The Morgan fingerprint density at radius 1 is 0.812 bits per heavy atom. The number of hydrogen-bond donors (Lipinski definition) is 0. The molecule has 1 aliphatic rings. The summed E-state index contributed by atoms with van der Waals surface area (Å²) in [4.78, 5) is 4.49. The molecule has 0 amide bonds. The highest BCUT2D eigenvalue weighted by Crippen LogP contribution is 2.28. The zero-order valence-electron chi connectivity index (χ0n) is 17.8. The predicted molar refractivity (Wildman–Crippen MR) is 131 cm³/mol. The van der Waals surface area contributed by atoms with Crippen molar-refractivity contribution in [2.45, 2.75) is 4.90 Å². The average Bonchev–Trinajstić information content (AvgIpc) is 2.84. The standard InChI is InChI=1S/C24H25N3O3S.ClH/c1-30-23-15-9-8-14-22(23)26-16-18-27(19-17-26)24(20-10-4-2-5-11-20)25-31(28,29)21-12-6-3-7-13-21;/h2-15H,16-19H2,1H3;1H/b25-24+;. The van der Waals surface area contributed by atoms with Crippen molar-refractivity contribution in [3.05, 3.63) is 90.5 Å². The fourth-order valence-electron chi connectivity index (χ4n) is 3.69. The third-order valence-corrected chi connectivity index (χ3v) is 6.57. The summed E-state index contributed by atoms with van der Waals surface area (Å²) in [6.45, 7) is 2.77. The fourth-order valence-corrected chi connectivity index (χ4v) is 4.74. The van der Waals surface area contributed by atoms with Gasteiger partial charge in [0.15, 0.2) is 0 Å². The normalized spacial score (nSPS) is 14.6. The van der Waals surface area contributed by atoms with Crippen LogP contribution in [0, 0.1) is 0 Å². The number of halogens is 1. The maximum absolute atomic E-state index is 13.0. The van der Waals surface area contributed by atoms with Crippen LogP contribution in [0.25, 0.3) is 0 Å². The SMILES string of the molecule is COc1ccccc1N1CCN(/C(=N/S(=O)(=O)c2ccccc2)c2ccccc2)CC1.Cl. The number of anilines is 1. The van der Waals surface area contributed by atoms with E-state index in [0.717, 1.165) is 30.1 Å². The highest BCUT2D eigenvalue weighted by molar-refractivity contribution is 7.90. The highest BCUT2D eigenvalue weighted by Gasteiger charge is 2.25. The van der Waals surface area contributed by atoms with E-state index in [0.29, 0.717) is 18.9 Å². The van der Waals surface area contributed by atoms with Crippen molar-refractivity contribution < 1.29 is 13.2 Å². The molecule has 0 aliphatic carbocycles. The first-order valence-electron chi connectivity index (χ1n) is 10.2. The van der Waals surface area contributed by atoms with Gasteiger partial charge in [-0.2, -0.15) is 8.42 Å². The summed E-state index contributed by atoms with van der Waals surface area (Å²) in [6.07, 6.45) is 0. The van der Waals surface area contributed by atoms with Gasteiger partial charge in [0.25, 0.3) is 10.0 Å². The van der Waals surface area contributed by atoms with E-state index in [4.69, 9.17) is 4.74 Å². The summed E-state index contributed by atoms with van der Waals surface area (Å²) in [5.41, 5.74) is 1.83. The Balaban J connectivity index is 0.00000289. The molecule has 0 saturated carbocycles. The van der Waals surface area contributed by atoms with Crippen LogP contribution in [0.4, 0.5) is 5.69 Å². The molecular weight excluding hydrogens is 446 g/mol. The summed E-state index contributed by atoms with van der Waals surface area (Å²) in [5, 5.41) is 0. The van der Waals surface area contributed by atoms with Crippen LogP contribution in [0.2, 0.25) is 0 Å². The smallest absolute Gasteiger partial charge is 0.284 e. The first kappa shape index (κ1) is 23.6. The third kappa shape index (κ3) is 5.23. The molecule has 0 unspecified atom stereocenters. The molecule has 4 rings (SSSR count). The average molecular weight is 472 g/mol. The van der Waals surface area contributed by atoms with E-state index in [-0.39, 0.29) is 17.3 Å². The molecule has 0 bridgehead atoms. The van der Waals surface area contributed by atoms with Crippen molar-refractivity contribution in [2.24, 2.45) is 4.40 Å². The monoisotopic (exact) mass is 471 g/mol. The van der Waals surface area contributed by atoms with E-state index in [1.54, 1.807) is 37.4 Å². The lowest BCUT2D eigenvalue weighted by molar-refractivity contribution is 0.379. The zero-order valence-corrected chi connectivity index (χ0v) is 19.4. The molecule has 0 N–H and O–H groups in total. The van der Waals surface area contributed by atoms with Gasteiger partial charge >= 0.3 is 0 Å². The van der Waals surface area contributed by atoms with Gasteiger partial charge in [0.2, 0.25) is 0 Å². The number of hydrogen-bond acceptors (Lipinski definition) is 4.